The van der Waals surface area contributed by atoms with Crippen LogP contribution in [0.5, 0.6) is 0 Å². The fourth-order valence-corrected chi connectivity index (χ4v) is 4.90. The summed E-state index contributed by atoms with van der Waals surface area (Å²) in [7, 11) is 0. The van der Waals surface area contributed by atoms with Gasteiger partial charge in [0.15, 0.2) is 0 Å². The fourth-order valence-electron chi connectivity index (χ4n) is 4.90. The van der Waals surface area contributed by atoms with E-state index in [9.17, 15) is 9.59 Å². The van der Waals surface area contributed by atoms with E-state index >= 15 is 0 Å². The highest BCUT2D eigenvalue weighted by Crippen LogP contribution is 2.41. The third-order valence-corrected chi connectivity index (χ3v) is 6.72. The van der Waals surface area contributed by atoms with Gasteiger partial charge in [0.2, 0.25) is 11.8 Å². The van der Waals surface area contributed by atoms with Crippen molar-refractivity contribution in [3.63, 3.8) is 0 Å². The maximum atomic E-state index is 13.1. The molecule has 6 heteroatoms. The van der Waals surface area contributed by atoms with E-state index in [1.54, 1.807) is 0 Å². The first kappa shape index (κ1) is 17.7. The third kappa shape index (κ3) is 3.29. The van der Waals surface area contributed by atoms with Crippen LogP contribution in [-0.2, 0) is 16.0 Å². The van der Waals surface area contributed by atoms with E-state index in [2.05, 4.69) is 9.88 Å². The summed E-state index contributed by atoms with van der Waals surface area (Å²) >= 11 is 0. The van der Waals surface area contributed by atoms with Gasteiger partial charge in [-0.2, -0.15) is 0 Å². The Labute approximate surface area is 165 Å². The van der Waals surface area contributed by atoms with Gasteiger partial charge in [-0.1, -0.05) is 6.07 Å². The number of amides is 2. The second-order valence-electron chi connectivity index (χ2n) is 8.84. The second-order valence-corrected chi connectivity index (χ2v) is 8.84. The number of aromatic nitrogens is 2. The maximum absolute atomic E-state index is 13.1. The van der Waals surface area contributed by atoms with E-state index in [1.165, 1.54) is 12.8 Å². The number of piperidine rings is 1. The number of carbonyl (C=O) groups excluding carboxylic acids is 2. The van der Waals surface area contributed by atoms with Gasteiger partial charge in [0.05, 0.1) is 11.1 Å². The molecule has 2 aliphatic heterocycles. The Bertz CT molecular complexity index is 870. The number of hydrogen-bond donors (Lipinski definition) is 0. The largest absolute Gasteiger partial charge is 0.342 e. The lowest BCUT2D eigenvalue weighted by Gasteiger charge is -2.39. The van der Waals surface area contributed by atoms with Gasteiger partial charge in [-0.25, -0.2) is 4.98 Å². The number of aryl methyl sites for hydroxylation is 1. The average Bonchev–Trinajstić information content (AvgIpc) is 3.26. The van der Waals surface area contributed by atoms with Crippen LogP contribution in [0.3, 0.4) is 0 Å². The molecule has 0 N–H and O–H groups in total. The maximum Gasteiger partial charge on any atom is 0.230 e. The van der Waals surface area contributed by atoms with Crippen molar-refractivity contribution in [2.75, 3.05) is 26.2 Å². The number of imidazole rings is 1. The molecule has 5 rings (SSSR count). The Morgan fingerprint density at radius 2 is 2.11 bits per heavy atom. The molecule has 1 aliphatic carbocycles. The molecule has 0 unspecified atom stereocenters. The molecule has 1 saturated carbocycles. The molecule has 148 valence electrons. The van der Waals surface area contributed by atoms with Gasteiger partial charge in [-0.15, -0.1) is 0 Å². The van der Waals surface area contributed by atoms with Gasteiger partial charge in [0.1, 0.15) is 5.65 Å². The van der Waals surface area contributed by atoms with Crippen LogP contribution in [0.2, 0.25) is 0 Å². The first-order valence-corrected chi connectivity index (χ1v) is 10.6. The molecule has 3 aliphatic rings. The van der Waals surface area contributed by atoms with Crippen molar-refractivity contribution in [1.29, 1.82) is 0 Å². The number of nitrogens with zero attached hydrogens (tertiary/aromatic N) is 4. The summed E-state index contributed by atoms with van der Waals surface area (Å²) in [4.78, 5) is 34.5. The summed E-state index contributed by atoms with van der Waals surface area (Å²) in [6, 6.07) is 5.91. The van der Waals surface area contributed by atoms with Crippen LogP contribution in [0.4, 0.5) is 0 Å². The van der Waals surface area contributed by atoms with Crippen molar-refractivity contribution < 1.29 is 9.59 Å². The van der Waals surface area contributed by atoms with Crippen molar-refractivity contribution >= 4 is 17.5 Å². The molecule has 1 spiro atoms. The minimum Gasteiger partial charge on any atom is -0.342 e. The molecule has 2 aromatic rings. The van der Waals surface area contributed by atoms with Gasteiger partial charge in [0, 0.05) is 45.0 Å². The molecular weight excluding hydrogens is 352 g/mol. The van der Waals surface area contributed by atoms with Crippen molar-refractivity contribution in [3.8, 4) is 0 Å². The molecule has 2 saturated heterocycles. The van der Waals surface area contributed by atoms with Gasteiger partial charge in [0.25, 0.3) is 0 Å². The molecule has 3 fully saturated rings. The Morgan fingerprint density at radius 3 is 2.93 bits per heavy atom. The van der Waals surface area contributed by atoms with Gasteiger partial charge >= 0.3 is 0 Å². The molecule has 1 atom stereocenters. The second kappa shape index (κ2) is 6.90. The highest BCUT2D eigenvalue weighted by molar-refractivity contribution is 5.86. The standard InChI is InChI=1S/C22H28N4O2/c27-20(8-7-18-15-24-11-2-1-4-19(24)23-18)26-13-10-22(16-26)9-3-12-25(21(22)28)14-17-5-6-17/h1-2,4,11,15,17H,3,5-10,12-14,16H2/t22-/m0/s1. The van der Waals surface area contributed by atoms with E-state index in [-0.39, 0.29) is 11.3 Å². The first-order chi connectivity index (χ1) is 13.6. The van der Waals surface area contributed by atoms with E-state index in [4.69, 9.17) is 0 Å². The van der Waals surface area contributed by atoms with Gasteiger partial charge < -0.3 is 14.2 Å². The summed E-state index contributed by atoms with van der Waals surface area (Å²) in [6.07, 6.45) is 10.4. The van der Waals surface area contributed by atoms with Gasteiger partial charge in [-0.05, 0) is 56.6 Å². The van der Waals surface area contributed by atoms with Crippen LogP contribution in [0.15, 0.2) is 30.6 Å². The molecule has 28 heavy (non-hydrogen) atoms. The Kier molecular flexibility index (Phi) is 4.37. The zero-order valence-electron chi connectivity index (χ0n) is 16.3. The molecule has 2 amide bonds. The average molecular weight is 380 g/mol. The van der Waals surface area contributed by atoms with Crippen LogP contribution in [0.1, 0.15) is 44.2 Å². The fraction of sp³-hybridized carbons (Fsp3) is 0.591. The molecule has 4 heterocycles. The van der Waals surface area contributed by atoms with Crippen LogP contribution in [0.25, 0.3) is 5.65 Å². The lowest BCUT2D eigenvalue weighted by Crippen LogP contribution is -2.50. The van der Waals surface area contributed by atoms with E-state index in [0.29, 0.717) is 31.8 Å². The predicted octanol–water partition coefficient (Wildman–Crippen LogP) is 2.52. The SMILES string of the molecule is O=C(CCc1cn2ccccc2n1)N1CC[C@@]2(CCCN(CC3CC3)C2=O)C1. The summed E-state index contributed by atoms with van der Waals surface area (Å²) < 4.78 is 1.99. The zero-order valence-corrected chi connectivity index (χ0v) is 16.3. The number of rotatable bonds is 5. The summed E-state index contributed by atoms with van der Waals surface area (Å²) in [6.45, 7) is 3.16. The molecule has 0 radical (unpaired) electrons. The minimum absolute atomic E-state index is 0.154. The smallest absolute Gasteiger partial charge is 0.230 e. The zero-order chi connectivity index (χ0) is 19.1. The van der Waals surface area contributed by atoms with Gasteiger partial charge in [-0.3, -0.25) is 9.59 Å². The predicted molar refractivity (Wildman–Crippen MR) is 106 cm³/mol. The number of fused-ring (bicyclic) bond motifs is 1. The third-order valence-electron chi connectivity index (χ3n) is 6.72. The molecular formula is C22H28N4O2. The molecule has 2 aromatic heterocycles. The Balaban J connectivity index is 1.20. The number of carbonyl (C=O) groups is 2. The first-order valence-electron chi connectivity index (χ1n) is 10.6. The van der Waals surface area contributed by atoms with E-state index < -0.39 is 0 Å². The lowest BCUT2D eigenvalue weighted by molar-refractivity contribution is -0.146. The summed E-state index contributed by atoms with van der Waals surface area (Å²) in [5.41, 5.74) is 1.54. The van der Waals surface area contributed by atoms with E-state index in [1.807, 2.05) is 39.9 Å². The molecule has 0 aromatic carbocycles. The Hall–Kier alpha value is -2.37. The number of likely N-dealkylation sites (tertiary alicyclic amines) is 2. The normalized spacial score (nSPS) is 25.2. The van der Waals surface area contributed by atoms with Crippen LogP contribution in [0, 0.1) is 11.3 Å². The van der Waals surface area contributed by atoms with Crippen LogP contribution >= 0.6 is 0 Å². The van der Waals surface area contributed by atoms with Crippen molar-refractivity contribution in [3.05, 3.63) is 36.3 Å². The Morgan fingerprint density at radius 1 is 1.21 bits per heavy atom. The highest BCUT2D eigenvalue weighted by atomic mass is 16.2. The quantitative estimate of drug-likeness (QED) is 0.801. The van der Waals surface area contributed by atoms with Crippen LogP contribution < -0.4 is 0 Å². The number of pyridine rings is 1. The monoisotopic (exact) mass is 380 g/mol. The van der Waals surface area contributed by atoms with Crippen molar-refractivity contribution in [2.24, 2.45) is 11.3 Å². The van der Waals surface area contributed by atoms with Crippen molar-refractivity contribution in [2.45, 2.75) is 44.9 Å². The summed E-state index contributed by atoms with van der Waals surface area (Å²) in [5.74, 6) is 1.19. The molecule has 0 bridgehead atoms. The van der Waals surface area contributed by atoms with Crippen molar-refractivity contribution in [1.82, 2.24) is 19.2 Å². The lowest BCUT2D eigenvalue weighted by atomic mass is 9.78. The number of hydrogen-bond acceptors (Lipinski definition) is 3. The van der Waals surface area contributed by atoms with E-state index in [0.717, 1.165) is 49.6 Å². The topological polar surface area (TPSA) is 57.9 Å². The summed E-state index contributed by atoms with van der Waals surface area (Å²) in [5, 5.41) is 0. The highest BCUT2D eigenvalue weighted by Gasteiger charge is 2.49. The molecule has 6 nitrogen and oxygen atoms in total. The van der Waals surface area contributed by atoms with Crippen LogP contribution in [-0.4, -0.2) is 57.2 Å². The minimum atomic E-state index is -0.314.